The molecule has 0 aromatic rings. The van der Waals surface area contributed by atoms with Gasteiger partial charge in [-0.25, -0.2) is 0 Å². The number of carboxylic acids is 1. The SMILES string of the molecule is CC/C=C\C/C=C\C/C=C\C/C=C\CCC(=O)OC(COC(=O)CCCCCCCCCCC)COC(OCC[N+](C)(C)C)C(=O)[O-]. The molecule has 0 rings (SSSR count). The molecule has 270 valence electrons. The van der Waals surface area contributed by atoms with Crippen molar-refractivity contribution in [2.75, 3.05) is 47.5 Å². The van der Waals surface area contributed by atoms with Crippen LogP contribution in [0.15, 0.2) is 48.6 Å². The van der Waals surface area contributed by atoms with E-state index >= 15 is 0 Å². The van der Waals surface area contributed by atoms with Crippen LogP contribution in [0, 0.1) is 0 Å². The summed E-state index contributed by atoms with van der Waals surface area (Å²) in [7, 11) is 5.86. The van der Waals surface area contributed by atoms with Gasteiger partial charge in [-0.2, -0.15) is 0 Å². The van der Waals surface area contributed by atoms with Crippen molar-refractivity contribution in [1.29, 1.82) is 0 Å². The number of hydrogen-bond acceptors (Lipinski definition) is 8. The first-order chi connectivity index (χ1) is 22.6. The summed E-state index contributed by atoms with van der Waals surface area (Å²) < 4.78 is 22.2. The number of esters is 2. The molecule has 0 aliphatic carbocycles. The lowest BCUT2D eigenvalue weighted by Crippen LogP contribution is -2.44. The van der Waals surface area contributed by atoms with Gasteiger partial charge in [-0.05, 0) is 38.5 Å². The smallest absolute Gasteiger partial charge is 0.306 e. The van der Waals surface area contributed by atoms with E-state index in [2.05, 4.69) is 50.3 Å². The zero-order valence-electron chi connectivity index (χ0n) is 30.1. The third-order valence-corrected chi connectivity index (χ3v) is 7.10. The van der Waals surface area contributed by atoms with Crippen molar-refractivity contribution in [2.45, 2.75) is 129 Å². The Labute approximate surface area is 285 Å². The molecule has 0 aromatic carbocycles. The molecule has 0 heterocycles. The summed E-state index contributed by atoms with van der Waals surface area (Å²) in [4.78, 5) is 36.5. The highest BCUT2D eigenvalue weighted by atomic mass is 16.7. The van der Waals surface area contributed by atoms with Crippen molar-refractivity contribution in [3.63, 3.8) is 0 Å². The third-order valence-electron chi connectivity index (χ3n) is 7.10. The zero-order chi connectivity index (χ0) is 35.0. The van der Waals surface area contributed by atoms with Gasteiger partial charge in [-0.3, -0.25) is 9.59 Å². The lowest BCUT2D eigenvalue weighted by atomic mass is 10.1. The molecule has 2 unspecified atom stereocenters. The van der Waals surface area contributed by atoms with E-state index in [9.17, 15) is 19.5 Å². The van der Waals surface area contributed by atoms with Gasteiger partial charge in [0, 0.05) is 12.8 Å². The summed E-state index contributed by atoms with van der Waals surface area (Å²) in [6.45, 7) is 4.47. The Morgan fingerprint density at radius 2 is 1.21 bits per heavy atom. The van der Waals surface area contributed by atoms with Crippen molar-refractivity contribution in [1.82, 2.24) is 0 Å². The number of quaternary nitrogens is 1. The molecule has 2 atom stereocenters. The molecule has 0 radical (unpaired) electrons. The van der Waals surface area contributed by atoms with E-state index in [1.165, 1.54) is 38.5 Å². The number of allylic oxidation sites excluding steroid dienone is 8. The standard InChI is InChI=1S/C38H65NO8/c1-6-8-10-12-14-16-17-18-19-21-23-25-27-29-36(41)47-34(33-46-38(37(42)43)44-31-30-39(3,4)5)32-45-35(40)28-26-24-22-20-15-13-11-9-7-2/h8,10,14,16,18-19,23,25,34,38H,6-7,9,11-13,15,17,20-22,24,26-33H2,1-5H3/b10-8-,16-14-,19-18-,25-23-. The number of carboxylic acid groups (broad SMARTS) is 1. The van der Waals surface area contributed by atoms with E-state index in [-0.39, 0.29) is 38.6 Å². The Hall–Kier alpha value is -2.75. The molecule has 0 aromatic heterocycles. The van der Waals surface area contributed by atoms with Gasteiger partial charge in [-0.15, -0.1) is 0 Å². The van der Waals surface area contributed by atoms with Crippen LogP contribution in [-0.4, -0.2) is 82.3 Å². The highest BCUT2D eigenvalue weighted by Crippen LogP contribution is 2.11. The van der Waals surface area contributed by atoms with E-state index in [0.717, 1.165) is 44.9 Å². The van der Waals surface area contributed by atoms with Crippen molar-refractivity contribution in [3.05, 3.63) is 48.6 Å². The lowest BCUT2D eigenvalue weighted by Gasteiger charge is -2.26. The normalized spacial score (nSPS) is 13.6. The summed E-state index contributed by atoms with van der Waals surface area (Å²) in [6, 6.07) is 0. The second-order valence-corrected chi connectivity index (χ2v) is 12.8. The minimum absolute atomic E-state index is 0.126. The van der Waals surface area contributed by atoms with E-state index in [4.69, 9.17) is 18.9 Å². The molecule has 0 aliphatic rings. The Kier molecular flexibility index (Phi) is 28.8. The van der Waals surface area contributed by atoms with Crippen LogP contribution in [0.2, 0.25) is 0 Å². The van der Waals surface area contributed by atoms with Crippen LogP contribution in [0.3, 0.4) is 0 Å². The van der Waals surface area contributed by atoms with Gasteiger partial charge < -0.3 is 33.3 Å². The van der Waals surface area contributed by atoms with Gasteiger partial charge in [-0.1, -0.05) is 114 Å². The zero-order valence-corrected chi connectivity index (χ0v) is 30.1. The maximum atomic E-state index is 12.6. The average molecular weight is 664 g/mol. The molecule has 0 saturated heterocycles. The molecule has 0 amide bonds. The fourth-order valence-corrected chi connectivity index (χ4v) is 4.31. The molecular weight excluding hydrogens is 598 g/mol. The van der Waals surface area contributed by atoms with Crippen molar-refractivity contribution >= 4 is 17.9 Å². The van der Waals surface area contributed by atoms with Gasteiger partial charge in [0.25, 0.3) is 0 Å². The maximum Gasteiger partial charge on any atom is 0.306 e. The molecule has 0 bridgehead atoms. The van der Waals surface area contributed by atoms with Gasteiger partial charge in [0.2, 0.25) is 0 Å². The molecule has 9 nitrogen and oxygen atoms in total. The molecule has 9 heteroatoms. The van der Waals surface area contributed by atoms with Gasteiger partial charge in [0.05, 0.1) is 40.3 Å². The highest BCUT2D eigenvalue weighted by Gasteiger charge is 2.21. The molecule has 47 heavy (non-hydrogen) atoms. The number of rotatable bonds is 31. The first kappa shape index (κ1) is 44.2. The third kappa shape index (κ3) is 31.6. The van der Waals surface area contributed by atoms with E-state index in [0.29, 0.717) is 17.4 Å². The van der Waals surface area contributed by atoms with Crippen LogP contribution >= 0.6 is 0 Å². The van der Waals surface area contributed by atoms with Gasteiger partial charge in [0.1, 0.15) is 13.2 Å². The van der Waals surface area contributed by atoms with Crippen molar-refractivity contribution < 1.29 is 42.9 Å². The minimum Gasteiger partial charge on any atom is -0.545 e. The van der Waals surface area contributed by atoms with Crippen LogP contribution in [0.5, 0.6) is 0 Å². The van der Waals surface area contributed by atoms with E-state index in [1.807, 2.05) is 33.3 Å². The molecular formula is C38H65NO8. The van der Waals surface area contributed by atoms with Crippen LogP contribution in [0.25, 0.3) is 0 Å². The number of unbranched alkanes of at least 4 members (excludes halogenated alkanes) is 8. The number of nitrogens with zero attached hydrogens (tertiary/aromatic N) is 1. The van der Waals surface area contributed by atoms with Crippen LogP contribution < -0.4 is 5.11 Å². The van der Waals surface area contributed by atoms with Crippen molar-refractivity contribution in [3.8, 4) is 0 Å². The summed E-state index contributed by atoms with van der Waals surface area (Å²) in [5, 5.41) is 11.6. The quantitative estimate of drug-likeness (QED) is 0.0263. The second kappa shape index (κ2) is 30.6. The predicted molar refractivity (Wildman–Crippen MR) is 186 cm³/mol. The minimum atomic E-state index is -1.63. The Morgan fingerprint density at radius 3 is 1.77 bits per heavy atom. The van der Waals surface area contributed by atoms with Gasteiger partial charge >= 0.3 is 11.9 Å². The van der Waals surface area contributed by atoms with E-state index < -0.39 is 24.3 Å². The number of carbonyl (C=O) groups is 3. The topological polar surface area (TPSA) is 111 Å². The van der Waals surface area contributed by atoms with Crippen LogP contribution in [-0.2, 0) is 33.3 Å². The number of aliphatic carboxylic acids is 1. The van der Waals surface area contributed by atoms with Gasteiger partial charge in [0.15, 0.2) is 12.4 Å². The fraction of sp³-hybridized carbons (Fsp3) is 0.711. The highest BCUT2D eigenvalue weighted by molar-refractivity contribution is 5.70. The number of ether oxygens (including phenoxy) is 4. The summed E-state index contributed by atoms with van der Waals surface area (Å²) in [5.41, 5.74) is 0. The summed E-state index contributed by atoms with van der Waals surface area (Å²) in [5.74, 6) is -2.41. The largest absolute Gasteiger partial charge is 0.545 e. The fourth-order valence-electron chi connectivity index (χ4n) is 4.31. The van der Waals surface area contributed by atoms with Crippen LogP contribution in [0.1, 0.15) is 117 Å². The Morgan fingerprint density at radius 1 is 0.660 bits per heavy atom. The number of hydrogen-bond donors (Lipinski definition) is 0. The number of carbonyl (C=O) groups excluding carboxylic acids is 3. The van der Waals surface area contributed by atoms with E-state index in [1.54, 1.807) is 0 Å². The second-order valence-electron chi connectivity index (χ2n) is 12.8. The molecule has 0 aliphatic heterocycles. The monoisotopic (exact) mass is 663 g/mol. The Balaban J connectivity index is 4.72. The summed E-state index contributed by atoms with van der Waals surface area (Å²) >= 11 is 0. The maximum absolute atomic E-state index is 12.6. The first-order valence-corrected chi connectivity index (χ1v) is 17.8. The molecule has 0 fully saturated rings. The summed E-state index contributed by atoms with van der Waals surface area (Å²) in [6.07, 6.45) is 28.9. The first-order valence-electron chi connectivity index (χ1n) is 17.8. The van der Waals surface area contributed by atoms with Crippen LogP contribution in [0.4, 0.5) is 0 Å². The molecule has 0 saturated carbocycles. The molecule has 0 spiro atoms. The molecule has 0 N–H and O–H groups in total. The number of likely N-dealkylation sites (N-methyl/N-ethyl adjacent to an activating group) is 1. The average Bonchev–Trinajstić information content (AvgIpc) is 3.02. The van der Waals surface area contributed by atoms with Crippen molar-refractivity contribution in [2.24, 2.45) is 0 Å². The Bertz CT molecular complexity index is 919. The lowest BCUT2D eigenvalue weighted by molar-refractivity contribution is -0.870. The predicted octanol–water partition coefficient (Wildman–Crippen LogP) is 6.76.